The highest BCUT2D eigenvalue weighted by Gasteiger charge is 2.32. The Bertz CT molecular complexity index is 1320. The third-order valence-electron chi connectivity index (χ3n) is 5.96. The van der Waals surface area contributed by atoms with Gasteiger partial charge < -0.3 is 14.4 Å². The van der Waals surface area contributed by atoms with E-state index < -0.39 is 10.0 Å². The van der Waals surface area contributed by atoms with E-state index in [1.165, 1.54) is 10.4 Å². The van der Waals surface area contributed by atoms with E-state index >= 15 is 0 Å². The number of rotatable bonds is 3. The second-order valence-corrected chi connectivity index (χ2v) is 10.1. The van der Waals surface area contributed by atoms with Gasteiger partial charge in [-0.2, -0.15) is 4.31 Å². The fraction of sp³-hybridized carbons (Fsp3) is 0.333. The van der Waals surface area contributed by atoms with Gasteiger partial charge in [0.1, 0.15) is 0 Å². The molecule has 1 amide bonds. The molecule has 2 aliphatic rings. The Morgan fingerprint density at radius 3 is 2.45 bits per heavy atom. The van der Waals surface area contributed by atoms with Gasteiger partial charge in [-0.1, -0.05) is 18.2 Å². The molecule has 0 unspecified atom stereocenters. The van der Waals surface area contributed by atoms with E-state index in [0.29, 0.717) is 43.4 Å². The molecule has 9 heteroatoms. The van der Waals surface area contributed by atoms with E-state index in [1.807, 2.05) is 31.2 Å². The molecule has 0 N–H and O–H groups in total. The van der Waals surface area contributed by atoms with E-state index in [2.05, 4.69) is 4.98 Å². The summed E-state index contributed by atoms with van der Waals surface area (Å²) in [6.45, 7) is 3.98. The second-order valence-electron chi connectivity index (χ2n) is 8.18. The van der Waals surface area contributed by atoms with Gasteiger partial charge in [0.2, 0.25) is 10.0 Å². The van der Waals surface area contributed by atoms with Crippen molar-refractivity contribution in [3.63, 3.8) is 0 Å². The molecule has 0 saturated carbocycles. The molecule has 1 aromatic heterocycles. The average Bonchev–Trinajstić information content (AvgIpc) is 3.08. The number of benzene rings is 2. The topological polar surface area (TPSA) is 89.0 Å². The number of sulfonamides is 1. The van der Waals surface area contributed by atoms with Gasteiger partial charge >= 0.3 is 0 Å². The van der Waals surface area contributed by atoms with Crippen LogP contribution in [0, 0.1) is 6.92 Å². The molecule has 0 bridgehead atoms. The number of fused-ring (bicyclic) bond motifs is 2. The van der Waals surface area contributed by atoms with Crippen molar-refractivity contribution in [1.29, 1.82) is 0 Å². The molecule has 8 nitrogen and oxygen atoms in total. The van der Waals surface area contributed by atoms with Crippen molar-refractivity contribution in [3.05, 3.63) is 59.8 Å². The summed E-state index contributed by atoms with van der Waals surface area (Å²) in [7, 11) is -3.71. The van der Waals surface area contributed by atoms with E-state index in [9.17, 15) is 13.2 Å². The van der Waals surface area contributed by atoms with E-state index in [-0.39, 0.29) is 23.9 Å². The Hall–Kier alpha value is -3.17. The molecule has 172 valence electrons. The summed E-state index contributed by atoms with van der Waals surface area (Å²) in [6, 6.07) is 14.1. The number of piperazine rings is 1. The van der Waals surface area contributed by atoms with E-state index in [1.54, 1.807) is 23.1 Å². The number of nitrogens with zero attached hydrogens (tertiary/aromatic N) is 3. The lowest BCUT2D eigenvalue weighted by Gasteiger charge is -2.34. The maximum atomic E-state index is 13.3. The monoisotopic (exact) mass is 467 g/mol. The van der Waals surface area contributed by atoms with Gasteiger partial charge in [-0.3, -0.25) is 9.78 Å². The van der Waals surface area contributed by atoms with Gasteiger partial charge in [-0.15, -0.1) is 0 Å². The first kappa shape index (κ1) is 21.7. The Balaban J connectivity index is 1.33. The van der Waals surface area contributed by atoms with Crippen LogP contribution in [0.3, 0.4) is 0 Å². The highest BCUT2D eigenvalue weighted by molar-refractivity contribution is 7.89. The largest absolute Gasteiger partial charge is 0.490 e. The maximum Gasteiger partial charge on any atom is 0.254 e. The van der Waals surface area contributed by atoms with Gasteiger partial charge in [0.05, 0.1) is 29.2 Å². The number of carbonyl (C=O) groups excluding carboxylic acids is 1. The van der Waals surface area contributed by atoms with Gasteiger partial charge in [0.25, 0.3) is 5.91 Å². The first-order valence-electron chi connectivity index (χ1n) is 11.0. The first-order valence-corrected chi connectivity index (χ1v) is 12.4. The number of hydrogen-bond donors (Lipinski definition) is 0. The number of aromatic nitrogens is 1. The normalized spacial score (nSPS) is 17.1. The maximum absolute atomic E-state index is 13.3. The van der Waals surface area contributed by atoms with Crippen molar-refractivity contribution < 1.29 is 22.7 Å². The first-order chi connectivity index (χ1) is 15.9. The van der Waals surface area contributed by atoms with Crippen LogP contribution >= 0.6 is 0 Å². The lowest BCUT2D eigenvalue weighted by molar-refractivity contribution is 0.0699. The minimum Gasteiger partial charge on any atom is -0.490 e. The highest BCUT2D eigenvalue weighted by Crippen LogP contribution is 2.33. The number of aryl methyl sites for hydroxylation is 1. The Morgan fingerprint density at radius 1 is 0.939 bits per heavy atom. The van der Waals surface area contributed by atoms with Crippen LogP contribution in [0.1, 0.15) is 22.5 Å². The van der Waals surface area contributed by atoms with Crippen molar-refractivity contribution in [2.75, 3.05) is 39.4 Å². The van der Waals surface area contributed by atoms with Crippen LogP contribution in [0.5, 0.6) is 11.5 Å². The van der Waals surface area contributed by atoms with Crippen molar-refractivity contribution in [2.24, 2.45) is 0 Å². The van der Waals surface area contributed by atoms with Crippen LogP contribution in [0.4, 0.5) is 0 Å². The molecule has 3 heterocycles. The molecule has 1 saturated heterocycles. The zero-order valence-electron chi connectivity index (χ0n) is 18.4. The number of ether oxygens (including phenoxy) is 2. The molecule has 0 atom stereocenters. The predicted molar refractivity (Wildman–Crippen MR) is 123 cm³/mol. The summed E-state index contributed by atoms with van der Waals surface area (Å²) in [5, 5.41) is 0.801. The molecular weight excluding hydrogens is 442 g/mol. The Kier molecular flexibility index (Phi) is 5.67. The molecule has 5 rings (SSSR count). The van der Waals surface area contributed by atoms with Crippen LogP contribution in [0.25, 0.3) is 10.9 Å². The van der Waals surface area contributed by atoms with Gasteiger partial charge in [0.15, 0.2) is 11.5 Å². The third-order valence-corrected chi connectivity index (χ3v) is 7.85. The second kappa shape index (κ2) is 8.64. The molecule has 0 radical (unpaired) electrons. The van der Waals surface area contributed by atoms with Crippen LogP contribution in [0.2, 0.25) is 0 Å². The lowest BCUT2D eigenvalue weighted by Crippen LogP contribution is -2.50. The fourth-order valence-corrected chi connectivity index (χ4v) is 5.68. The Morgan fingerprint density at radius 2 is 1.67 bits per heavy atom. The van der Waals surface area contributed by atoms with Crippen molar-refractivity contribution in [2.45, 2.75) is 18.2 Å². The quantitative estimate of drug-likeness (QED) is 0.589. The predicted octanol–water partition coefficient (Wildman–Crippen LogP) is 2.85. The summed E-state index contributed by atoms with van der Waals surface area (Å²) in [5.74, 6) is 0.897. The van der Waals surface area contributed by atoms with Crippen molar-refractivity contribution in [1.82, 2.24) is 14.2 Å². The summed E-state index contributed by atoms with van der Waals surface area (Å²) in [6.07, 6.45) is 0.749. The number of amides is 1. The van der Waals surface area contributed by atoms with Crippen LogP contribution in [-0.4, -0.2) is 67.9 Å². The van der Waals surface area contributed by atoms with Gasteiger partial charge in [-0.05, 0) is 31.2 Å². The number of carbonyl (C=O) groups is 1. The minimum absolute atomic E-state index is 0.107. The lowest BCUT2D eigenvalue weighted by atomic mass is 10.1. The zero-order valence-corrected chi connectivity index (χ0v) is 19.2. The molecule has 1 fully saturated rings. The number of para-hydroxylation sites is 1. The molecule has 0 aliphatic carbocycles. The van der Waals surface area contributed by atoms with Crippen LogP contribution in [-0.2, 0) is 10.0 Å². The molecule has 3 aromatic rings. The summed E-state index contributed by atoms with van der Waals surface area (Å²) < 4.78 is 39.2. The SMILES string of the molecule is Cc1cc(C(=O)N2CCN(S(=O)(=O)c3ccc4c(c3)OCCCO4)CC2)c2ccccc2n1. The van der Waals surface area contributed by atoms with Gasteiger partial charge in [-0.25, -0.2) is 8.42 Å². The average molecular weight is 468 g/mol. The zero-order chi connectivity index (χ0) is 23.0. The van der Waals surface area contributed by atoms with E-state index in [0.717, 1.165) is 23.0 Å². The molecule has 0 spiro atoms. The highest BCUT2D eigenvalue weighted by atomic mass is 32.2. The number of pyridine rings is 1. The summed E-state index contributed by atoms with van der Waals surface area (Å²) in [4.78, 5) is 19.7. The minimum atomic E-state index is -3.71. The molecule has 2 aromatic carbocycles. The third kappa shape index (κ3) is 4.14. The van der Waals surface area contributed by atoms with Gasteiger partial charge in [0, 0.05) is 49.7 Å². The van der Waals surface area contributed by atoms with Crippen LogP contribution < -0.4 is 9.47 Å². The molecule has 2 aliphatic heterocycles. The molecule has 33 heavy (non-hydrogen) atoms. The Labute approximate surface area is 192 Å². The van der Waals surface area contributed by atoms with Crippen LogP contribution in [0.15, 0.2) is 53.4 Å². The summed E-state index contributed by atoms with van der Waals surface area (Å²) >= 11 is 0. The summed E-state index contributed by atoms with van der Waals surface area (Å²) in [5.41, 5.74) is 2.14. The molecular formula is C24H25N3O5S. The van der Waals surface area contributed by atoms with Crippen molar-refractivity contribution >= 4 is 26.8 Å². The fourth-order valence-electron chi connectivity index (χ4n) is 4.24. The standard InChI is InChI=1S/C24H25N3O5S/c1-17-15-20(19-5-2-3-6-21(19)25-17)24(28)26-9-11-27(12-10-26)33(29,30)18-7-8-22-23(16-18)32-14-4-13-31-22/h2-3,5-8,15-16H,4,9-14H2,1H3. The number of hydrogen-bond acceptors (Lipinski definition) is 6. The van der Waals surface area contributed by atoms with Crippen molar-refractivity contribution in [3.8, 4) is 11.5 Å². The smallest absolute Gasteiger partial charge is 0.254 e. The van der Waals surface area contributed by atoms with E-state index in [4.69, 9.17) is 9.47 Å².